The molecule has 7 nitrogen and oxygen atoms in total. The number of rotatable bonds is 5. The summed E-state index contributed by atoms with van der Waals surface area (Å²) in [4.78, 5) is 40.9. The van der Waals surface area contributed by atoms with Gasteiger partial charge in [-0.2, -0.15) is 0 Å². The van der Waals surface area contributed by atoms with Crippen molar-refractivity contribution in [2.24, 2.45) is 0 Å². The van der Waals surface area contributed by atoms with Crippen molar-refractivity contribution in [1.29, 1.82) is 0 Å². The molecule has 0 saturated heterocycles. The molecule has 1 aliphatic carbocycles. The maximum absolute atomic E-state index is 13.6. The lowest BCUT2D eigenvalue weighted by atomic mass is 10.1. The van der Waals surface area contributed by atoms with Crippen LogP contribution in [-0.4, -0.2) is 47.3 Å². The second-order valence-corrected chi connectivity index (χ2v) is 10.7. The lowest BCUT2D eigenvalue weighted by Gasteiger charge is -2.27. The summed E-state index contributed by atoms with van der Waals surface area (Å²) in [6, 6.07) is 12.0. The van der Waals surface area contributed by atoms with Crippen molar-refractivity contribution in [3.8, 4) is 0 Å². The largest absolute Gasteiger partial charge is 0.444 e. The Kier molecular flexibility index (Phi) is 6.77. The van der Waals surface area contributed by atoms with E-state index in [1.165, 1.54) is 22.7 Å². The van der Waals surface area contributed by atoms with Gasteiger partial charge in [0.1, 0.15) is 11.6 Å². The molecule has 2 N–H and O–H groups in total. The molecular weight excluding hydrogens is 476 g/mol. The Balaban J connectivity index is 1.62. The lowest BCUT2D eigenvalue weighted by Crippen LogP contribution is -2.50. The van der Waals surface area contributed by atoms with Crippen LogP contribution in [0.25, 0.3) is 0 Å². The predicted octanol–water partition coefficient (Wildman–Crippen LogP) is 4.36. The molecule has 10 heteroatoms. The highest BCUT2D eigenvalue weighted by atomic mass is 32.2. The van der Waals surface area contributed by atoms with E-state index in [0.717, 1.165) is 10.5 Å². The molecular formula is C25H27F2N3O4S. The van der Waals surface area contributed by atoms with E-state index in [4.69, 9.17) is 4.74 Å². The molecule has 1 fully saturated rings. The Morgan fingerprint density at radius 3 is 2.46 bits per heavy atom. The van der Waals surface area contributed by atoms with Crippen molar-refractivity contribution in [3.63, 3.8) is 0 Å². The molecule has 2 atom stereocenters. The van der Waals surface area contributed by atoms with Gasteiger partial charge in [-0.25, -0.2) is 13.6 Å². The molecule has 4 rings (SSSR count). The summed E-state index contributed by atoms with van der Waals surface area (Å²) in [5, 5.41) is 5.00. The van der Waals surface area contributed by atoms with Gasteiger partial charge in [0.15, 0.2) is 0 Å². The van der Waals surface area contributed by atoms with Gasteiger partial charge in [-0.1, -0.05) is 30.3 Å². The third-order valence-electron chi connectivity index (χ3n) is 5.49. The van der Waals surface area contributed by atoms with Crippen LogP contribution < -0.4 is 15.5 Å². The van der Waals surface area contributed by atoms with Crippen LogP contribution in [0.5, 0.6) is 0 Å². The number of anilines is 1. The van der Waals surface area contributed by atoms with E-state index in [9.17, 15) is 23.2 Å². The maximum Gasteiger partial charge on any atom is 0.408 e. The third kappa shape index (κ3) is 6.11. The Hall–Kier alpha value is -3.14. The van der Waals surface area contributed by atoms with Gasteiger partial charge in [0, 0.05) is 22.6 Å². The summed E-state index contributed by atoms with van der Waals surface area (Å²) in [7, 11) is 0. The number of amides is 3. The highest BCUT2D eigenvalue weighted by Gasteiger charge is 2.57. The fourth-order valence-corrected chi connectivity index (χ4v) is 4.69. The molecule has 0 unspecified atom stereocenters. The van der Waals surface area contributed by atoms with Gasteiger partial charge in [0.2, 0.25) is 0 Å². The Labute approximate surface area is 206 Å². The number of halogens is 2. The number of carbonyl (C=O) groups is 3. The van der Waals surface area contributed by atoms with E-state index in [1.54, 1.807) is 32.9 Å². The van der Waals surface area contributed by atoms with Crippen molar-refractivity contribution in [2.45, 2.75) is 62.2 Å². The summed E-state index contributed by atoms with van der Waals surface area (Å²) >= 11 is 1.36. The van der Waals surface area contributed by atoms with Crippen molar-refractivity contribution >= 4 is 35.4 Å². The first-order chi connectivity index (χ1) is 16.4. The minimum Gasteiger partial charge on any atom is -0.444 e. The van der Waals surface area contributed by atoms with Crippen molar-refractivity contribution in [2.75, 3.05) is 10.7 Å². The van der Waals surface area contributed by atoms with E-state index >= 15 is 0 Å². The van der Waals surface area contributed by atoms with Crippen LogP contribution in [-0.2, 0) is 16.1 Å². The lowest BCUT2D eigenvalue weighted by molar-refractivity contribution is -0.120. The number of nitrogens with zero attached hydrogens (tertiary/aromatic N) is 1. The molecule has 186 valence electrons. The predicted molar refractivity (Wildman–Crippen MR) is 129 cm³/mol. The van der Waals surface area contributed by atoms with Crippen LogP contribution in [0.3, 0.4) is 0 Å². The first kappa shape index (κ1) is 25.0. The summed E-state index contributed by atoms with van der Waals surface area (Å²) < 4.78 is 31.9. The average Bonchev–Trinajstić information content (AvgIpc) is 3.41. The quantitative estimate of drug-likeness (QED) is 0.633. The molecule has 0 spiro atoms. The van der Waals surface area contributed by atoms with E-state index in [1.807, 2.05) is 30.3 Å². The molecule has 1 heterocycles. The van der Waals surface area contributed by atoms with Crippen LogP contribution in [0.15, 0.2) is 53.4 Å². The van der Waals surface area contributed by atoms with Gasteiger partial charge in [-0.05, 0) is 44.5 Å². The second-order valence-electron chi connectivity index (χ2n) is 9.59. The number of benzene rings is 2. The number of nitrogens with one attached hydrogen (secondary N) is 2. The number of alkyl halides is 2. The number of carbonyl (C=O) groups excluding carboxylic acids is 3. The zero-order valence-corrected chi connectivity index (χ0v) is 20.5. The summed E-state index contributed by atoms with van der Waals surface area (Å²) in [6.07, 6.45) is -1.08. The third-order valence-corrected chi connectivity index (χ3v) is 6.64. The van der Waals surface area contributed by atoms with Crippen molar-refractivity contribution < 1.29 is 27.9 Å². The van der Waals surface area contributed by atoms with Crippen LogP contribution >= 0.6 is 11.8 Å². The summed E-state index contributed by atoms with van der Waals surface area (Å²) in [5.74, 6) is -3.61. The van der Waals surface area contributed by atoms with E-state index in [2.05, 4.69) is 10.6 Å². The van der Waals surface area contributed by atoms with Gasteiger partial charge in [-0.3, -0.25) is 9.59 Å². The zero-order chi connectivity index (χ0) is 25.4. The molecule has 0 bridgehead atoms. The first-order valence-electron chi connectivity index (χ1n) is 11.2. The molecule has 35 heavy (non-hydrogen) atoms. The maximum atomic E-state index is 13.6. The van der Waals surface area contributed by atoms with Gasteiger partial charge in [0.05, 0.1) is 18.3 Å². The average molecular weight is 504 g/mol. The topological polar surface area (TPSA) is 87.7 Å². The monoisotopic (exact) mass is 503 g/mol. The fraction of sp³-hybridized carbons (Fsp3) is 0.400. The van der Waals surface area contributed by atoms with E-state index in [0.29, 0.717) is 5.69 Å². The number of thioether (sulfide) groups is 1. The Morgan fingerprint density at radius 2 is 1.83 bits per heavy atom. The van der Waals surface area contributed by atoms with E-state index in [-0.39, 0.29) is 30.2 Å². The highest BCUT2D eigenvalue weighted by Crippen LogP contribution is 2.42. The summed E-state index contributed by atoms with van der Waals surface area (Å²) in [5.41, 5.74) is 0.782. The Morgan fingerprint density at radius 1 is 1.14 bits per heavy atom. The van der Waals surface area contributed by atoms with Crippen molar-refractivity contribution in [3.05, 3.63) is 59.7 Å². The second kappa shape index (κ2) is 9.49. The number of hydrogen-bond acceptors (Lipinski definition) is 5. The molecule has 1 saturated carbocycles. The van der Waals surface area contributed by atoms with Crippen molar-refractivity contribution in [1.82, 2.24) is 10.6 Å². The fourth-order valence-electron chi connectivity index (χ4n) is 3.64. The molecule has 2 aliphatic rings. The molecule has 2 aromatic rings. The minimum atomic E-state index is -2.88. The smallest absolute Gasteiger partial charge is 0.408 e. The summed E-state index contributed by atoms with van der Waals surface area (Å²) in [6.45, 7) is 5.40. The first-order valence-corrected chi connectivity index (χ1v) is 12.2. The zero-order valence-electron chi connectivity index (χ0n) is 19.6. The number of hydrogen-bond donors (Lipinski definition) is 2. The molecule has 3 amide bonds. The van der Waals surface area contributed by atoms with Crippen LogP contribution in [0.1, 0.15) is 43.1 Å². The van der Waals surface area contributed by atoms with Crippen LogP contribution in [0.4, 0.5) is 19.3 Å². The minimum absolute atomic E-state index is 0.177. The van der Waals surface area contributed by atoms with Crippen LogP contribution in [0.2, 0.25) is 0 Å². The van der Waals surface area contributed by atoms with E-state index < -0.39 is 35.6 Å². The van der Waals surface area contributed by atoms with Gasteiger partial charge in [-0.15, -0.1) is 11.8 Å². The number of alkyl carbamates (subject to hydrolysis) is 1. The normalized spacial score (nSPS) is 20.9. The standard InChI is InChI=1S/C25H27F2N3O4S/c1-24(2,3)34-23(33)28-17-14-35-19-10-9-16(21(31)29-20-12-25(20,26)27)11-18(19)30(22(17)32)13-15-7-5-4-6-8-15/h4-11,17,20H,12-14H2,1-3H3,(H,28,33)(H,29,31)/t17-,20+/m0/s1. The Bertz CT molecular complexity index is 1140. The number of ether oxygens (including phenoxy) is 1. The van der Waals surface area contributed by atoms with Gasteiger partial charge >= 0.3 is 6.09 Å². The SMILES string of the molecule is CC(C)(C)OC(=O)N[C@H]1CSc2ccc(C(=O)N[C@@H]3CC3(F)F)cc2N(Cc2ccccc2)C1=O. The van der Waals surface area contributed by atoms with Crippen LogP contribution in [0, 0.1) is 0 Å². The highest BCUT2D eigenvalue weighted by molar-refractivity contribution is 7.99. The number of fused-ring (bicyclic) bond motifs is 1. The van der Waals surface area contributed by atoms with Gasteiger partial charge in [0.25, 0.3) is 17.7 Å². The van der Waals surface area contributed by atoms with Gasteiger partial charge < -0.3 is 20.3 Å². The molecule has 2 aromatic carbocycles. The molecule has 0 aromatic heterocycles. The molecule has 0 radical (unpaired) electrons. The molecule has 1 aliphatic heterocycles.